The van der Waals surface area contributed by atoms with Crippen molar-refractivity contribution in [2.24, 2.45) is 0 Å². The highest BCUT2D eigenvalue weighted by molar-refractivity contribution is 5.89. The predicted octanol–water partition coefficient (Wildman–Crippen LogP) is 3.24. The van der Waals surface area contributed by atoms with Gasteiger partial charge in [-0.2, -0.15) is 0 Å². The maximum absolute atomic E-state index is 13.8. The van der Waals surface area contributed by atoms with Gasteiger partial charge in [0, 0.05) is 19.2 Å². The molecule has 0 radical (unpaired) electrons. The van der Waals surface area contributed by atoms with Crippen LogP contribution in [0.4, 0.5) is 0 Å². The fourth-order valence-electron chi connectivity index (χ4n) is 5.07. The number of para-hydroxylation sites is 1. The van der Waals surface area contributed by atoms with Gasteiger partial charge in [-0.05, 0) is 43.4 Å². The molecule has 8 heteroatoms. The van der Waals surface area contributed by atoms with Crippen LogP contribution in [0.3, 0.4) is 0 Å². The van der Waals surface area contributed by atoms with Gasteiger partial charge in [0.15, 0.2) is 0 Å². The first-order valence-corrected chi connectivity index (χ1v) is 12.2. The molecule has 0 spiro atoms. The summed E-state index contributed by atoms with van der Waals surface area (Å²) >= 11 is 0. The number of hydrogen-bond acceptors (Lipinski definition) is 5. The fourth-order valence-corrected chi connectivity index (χ4v) is 5.07. The lowest BCUT2D eigenvalue weighted by Gasteiger charge is -2.33. The highest BCUT2D eigenvalue weighted by Gasteiger charge is 2.35. The predicted molar refractivity (Wildman–Crippen MR) is 128 cm³/mol. The van der Waals surface area contributed by atoms with E-state index in [1.54, 1.807) is 9.58 Å². The van der Waals surface area contributed by atoms with Crippen molar-refractivity contribution in [2.45, 2.75) is 63.3 Å². The second-order valence-electron chi connectivity index (χ2n) is 9.22. The molecule has 8 nitrogen and oxygen atoms in total. The van der Waals surface area contributed by atoms with E-state index in [9.17, 15) is 9.59 Å². The second-order valence-corrected chi connectivity index (χ2v) is 9.22. The van der Waals surface area contributed by atoms with E-state index < -0.39 is 6.04 Å². The summed E-state index contributed by atoms with van der Waals surface area (Å²) in [4.78, 5) is 29.1. The Morgan fingerprint density at radius 1 is 1.03 bits per heavy atom. The van der Waals surface area contributed by atoms with Crippen LogP contribution in [-0.4, -0.2) is 57.0 Å². The average molecular weight is 462 g/mol. The molecule has 2 aliphatic rings. The largest absolute Gasteiger partial charge is 0.376 e. The lowest BCUT2D eigenvalue weighted by molar-refractivity contribution is -0.143. The lowest BCUT2D eigenvalue weighted by atomic mass is 10.0. The van der Waals surface area contributed by atoms with E-state index in [1.807, 2.05) is 54.6 Å². The maximum Gasteiger partial charge on any atom is 0.247 e. The van der Waals surface area contributed by atoms with E-state index in [0.29, 0.717) is 13.2 Å². The number of ether oxygens (including phenoxy) is 1. The van der Waals surface area contributed by atoms with Gasteiger partial charge in [-0.3, -0.25) is 9.59 Å². The van der Waals surface area contributed by atoms with Crippen molar-refractivity contribution >= 4 is 22.8 Å². The number of benzene rings is 2. The van der Waals surface area contributed by atoms with Crippen molar-refractivity contribution in [3.63, 3.8) is 0 Å². The molecule has 1 saturated carbocycles. The minimum Gasteiger partial charge on any atom is -0.376 e. The van der Waals surface area contributed by atoms with Gasteiger partial charge < -0.3 is 15.0 Å². The van der Waals surface area contributed by atoms with E-state index in [0.717, 1.165) is 55.1 Å². The summed E-state index contributed by atoms with van der Waals surface area (Å²) in [7, 11) is 0. The summed E-state index contributed by atoms with van der Waals surface area (Å²) < 4.78 is 7.49. The number of aromatic nitrogens is 3. The Bertz CT molecular complexity index is 1120. The van der Waals surface area contributed by atoms with Crippen molar-refractivity contribution in [1.29, 1.82) is 0 Å². The summed E-state index contributed by atoms with van der Waals surface area (Å²) in [6, 6.07) is 16.6. The third-order valence-electron chi connectivity index (χ3n) is 6.83. The number of fused-ring (bicyclic) bond motifs is 1. The Morgan fingerprint density at radius 3 is 2.56 bits per heavy atom. The number of hydrogen-bond donors (Lipinski definition) is 1. The van der Waals surface area contributed by atoms with Gasteiger partial charge in [-0.15, -0.1) is 5.10 Å². The normalized spacial score (nSPS) is 19.4. The molecule has 2 amide bonds. The first-order valence-electron chi connectivity index (χ1n) is 12.2. The molecule has 2 fully saturated rings. The average Bonchev–Trinajstić information content (AvgIpc) is 3.63. The number of nitrogens with zero attached hydrogens (tertiary/aromatic N) is 4. The van der Waals surface area contributed by atoms with Gasteiger partial charge in [0.05, 0.1) is 11.6 Å². The first-order chi connectivity index (χ1) is 16.7. The van der Waals surface area contributed by atoms with Crippen LogP contribution in [0.5, 0.6) is 0 Å². The second kappa shape index (κ2) is 10.3. The monoisotopic (exact) mass is 461 g/mol. The molecule has 2 atom stereocenters. The van der Waals surface area contributed by atoms with Crippen molar-refractivity contribution in [1.82, 2.24) is 25.2 Å². The molecule has 5 rings (SSSR count). The molecular formula is C26H31N5O3. The zero-order valence-corrected chi connectivity index (χ0v) is 19.3. The topological polar surface area (TPSA) is 89.4 Å². The van der Waals surface area contributed by atoms with Crippen molar-refractivity contribution in [3.8, 4) is 0 Å². The number of carbonyl (C=O) groups is 2. The third kappa shape index (κ3) is 4.97. The van der Waals surface area contributed by atoms with E-state index in [-0.39, 0.29) is 30.5 Å². The van der Waals surface area contributed by atoms with Crippen LogP contribution in [0, 0.1) is 0 Å². The van der Waals surface area contributed by atoms with Crippen molar-refractivity contribution in [2.75, 3.05) is 13.2 Å². The molecule has 1 aliphatic carbocycles. The Balaban J connectivity index is 1.46. The Kier molecular flexibility index (Phi) is 6.85. The van der Waals surface area contributed by atoms with Gasteiger partial charge >= 0.3 is 0 Å². The Labute approximate surface area is 199 Å². The lowest BCUT2D eigenvalue weighted by Crippen LogP contribution is -2.49. The molecule has 0 unspecified atom stereocenters. The summed E-state index contributed by atoms with van der Waals surface area (Å²) in [6.07, 6.45) is 5.97. The minimum atomic E-state index is -0.728. The summed E-state index contributed by atoms with van der Waals surface area (Å²) in [6.45, 7) is 1.06. The number of amides is 2. The molecule has 3 aromatic rings. The van der Waals surface area contributed by atoms with Crippen LogP contribution in [0.25, 0.3) is 11.0 Å². The molecular weight excluding hydrogens is 430 g/mol. The molecule has 2 aromatic carbocycles. The van der Waals surface area contributed by atoms with Gasteiger partial charge in [0.1, 0.15) is 18.1 Å². The maximum atomic E-state index is 13.8. The van der Waals surface area contributed by atoms with E-state index in [2.05, 4.69) is 15.6 Å². The molecule has 2 heterocycles. The molecule has 178 valence electrons. The van der Waals surface area contributed by atoms with Crippen molar-refractivity contribution < 1.29 is 14.3 Å². The molecule has 0 bridgehead atoms. The zero-order chi connectivity index (χ0) is 23.3. The summed E-state index contributed by atoms with van der Waals surface area (Å²) in [5, 5.41) is 11.6. The van der Waals surface area contributed by atoms with Gasteiger partial charge in [0.25, 0.3) is 0 Å². The van der Waals surface area contributed by atoms with E-state index in [1.165, 1.54) is 0 Å². The highest BCUT2D eigenvalue weighted by atomic mass is 16.5. The third-order valence-corrected chi connectivity index (χ3v) is 6.83. The SMILES string of the molecule is O=C(NC1CCCC1)[C@H](c1ccccc1)N(C[C@H]1CCCO1)C(=O)Cn1nnc2ccccc21. The number of carbonyl (C=O) groups excluding carboxylic acids is 2. The van der Waals surface area contributed by atoms with Gasteiger partial charge in [0.2, 0.25) is 11.8 Å². The fraction of sp³-hybridized carbons (Fsp3) is 0.462. The summed E-state index contributed by atoms with van der Waals surface area (Å²) in [5.74, 6) is -0.311. The number of nitrogens with one attached hydrogen (secondary N) is 1. The van der Waals surface area contributed by atoms with Crippen LogP contribution in [0.15, 0.2) is 54.6 Å². The Morgan fingerprint density at radius 2 is 1.79 bits per heavy atom. The van der Waals surface area contributed by atoms with Gasteiger partial charge in [-0.25, -0.2) is 4.68 Å². The quantitative estimate of drug-likeness (QED) is 0.556. The standard InChI is InChI=1S/C26H31N5O3/c32-24(18-31-23-15-7-6-14-22(23)28-29-31)30(17-21-13-8-16-34-21)25(19-9-2-1-3-10-19)26(33)27-20-11-4-5-12-20/h1-3,6-7,9-10,14-15,20-21,25H,4-5,8,11-13,16-18H2,(H,27,33)/t21-,25+/m1/s1. The highest BCUT2D eigenvalue weighted by Crippen LogP contribution is 2.27. The molecule has 1 saturated heterocycles. The molecule has 1 aromatic heterocycles. The summed E-state index contributed by atoms with van der Waals surface area (Å²) in [5.41, 5.74) is 2.33. The van der Waals surface area contributed by atoms with Crippen LogP contribution in [0.2, 0.25) is 0 Å². The van der Waals surface area contributed by atoms with E-state index in [4.69, 9.17) is 4.74 Å². The van der Waals surface area contributed by atoms with Crippen LogP contribution in [-0.2, 0) is 20.9 Å². The zero-order valence-electron chi connectivity index (χ0n) is 19.3. The van der Waals surface area contributed by atoms with E-state index >= 15 is 0 Å². The molecule has 1 N–H and O–H groups in total. The van der Waals surface area contributed by atoms with Crippen LogP contribution < -0.4 is 5.32 Å². The van der Waals surface area contributed by atoms with Crippen LogP contribution >= 0.6 is 0 Å². The molecule has 34 heavy (non-hydrogen) atoms. The smallest absolute Gasteiger partial charge is 0.247 e. The molecule has 1 aliphatic heterocycles. The van der Waals surface area contributed by atoms with Crippen molar-refractivity contribution in [3.05, 3.63) is 60.2 Å². The minimum absolute atomic E-state index is 0.00722. The Hall–Kier alpha value is -3.26. The number of rotatable bonds is 8. The first kappa shape index (κ1) is 22.5. The van der Waals surface area contributed by atoms with Gasteiger partial charge in [-0.1, -0.05) is 60.5 Å². The van der Waals surface area contributed by atoms with Crippen LogP contribution in [0.1, 0.15) is 50.1 Å².